The average molecular weight is 256 g/mol. The summed E-state index contributed by atoms with van der Waals surface area (Å²) in [5.41, 5.74) is 0. The molecule has 0 saturated carbocycles. The summed E-state index contributed by atoms with van der Waals surface area (Å²) >= 11 is 0. The van der Waals surface area contributed by atoms with E-state index in [1.807, 2.05) is 6.92 Å². The molecule has 2 atom stereocenters. The molecule has 18 heavy (non-hydrogen) atoms. The first kappa shape index (κ1) is 13.7. The van der Waals surface area contributed by atoms with E-state index in [1.165, 1.54) is 0 Å². The van der Waals surface area contributed by atoms with Gasteiger partial charge in [-0.05, 0) is 6.92 Å². The van der Waals surface area contributed by atoms with E-state index in [2.05, 4.69) is 20.9 Å². The quantitative estimate of drug-likeness (QED) is 0.564. The van der Waals surface area contributed by atoms with Gasteiger partial charge in [-0.2, -0.15) is 0 Å². The van der Waals surface area contributed by atoms with E-state index in [1.54, 1.807) is 0 Å². The fraction of sp³-hybridized carbons (Fsp3) is 0.917. The summed E-state index contributed by atoms with van der Waals surface area (Å²) in [6, 6.07) is -0.207. The molecule has 2 rings (SSSR count). The third-order valence-corrected chi connectivity index (χ3v) is 3.54. The number of hydrogen-bond acceptors (Lipinski definition) is 5. The standard InChI is InChI=1S/C12H24N4O2/c1-10-11(14-5-9-18-10)12(17)15-4-8-16-6-2-13-3-7-16/h10-11,13-14H,2-9H2,1H3,(H,15,17)/t10-,11+/m1/s1. The van der Waals surface area contributed by atoms with Crippen molar-refractivity contribution < 1.29 is 9.53 Å². The van der Waals surface area contributed by atoms with E-state index in [0.29, 0.717) is 13.2 Å². The molecule has 0 unspecified atom stereocenters. The van der Waals surface area contributed by atoms with Crippen molar-refractivity contribution in [3.05, 3.63) is 0 Å². The topological polar surface area (TPSA) is 65.6 Å². The SMILES string of the molecule is C[C@H]1OCCN[C@@H]1C(=O)NCCN1CCNCC1. The fourth-order valence-corrected chi connectivity index (χ4v) is 2.41. The van der Waals surface area contributed by atoms with Gasteiger partial charge in [0.15, 0.2) is 0 Å². The van der Waals surface area contributed by atoms with Crippen LogP contribution in [0.15, 0.2) is 0 Å². The van der Waals surface area contributed by atoms with Gasteiger partial charge in [-0.25, -0.2) is 0 Å². The van der Waals surface area contributed by atoms with Crippen LogP contribution >= 0.6 is 0 Å². The van der Waals surface area contributed by atoms with E-state index in [0.717, 1.165) is 39.3 Å². The van der Waals surface area contributed by atoms with E-state index in [9.17, 15) is 4.79 Å². The lowest BCUT2D eigenvalue weighted by Gasteiger charge is -2.30. The van der Waals surface area contributed by atoms with E-state index >= 15 is 0 Å². The molecule has 0 aromatic carbocycles. The minimum atomic E-state index is -0.207. The Morgan fingerprint density at radius 2 is 2.17 bits per heavy atom. The molecule has 104 valence electrons. The van der Waals surface area contributed by atoms with Gasteiger partial charge in [0.25, 0.3) is 0 Å². The molecule has 0 aromatic rings. The zero-order valence-corrected chi connectivity index (χ0v) is 11.1. The Labute approximate surface area is 108 Å². The molecule has 2 heterocycles. The van der Waals surface area contributed by atoms with Crippen LogP contribution in [0.4, 0.5) is 0 Å². The van der Waals surface area contributed by atoms with E-state index < -0.39 is 0 Å². The number of nitrogens with zero attached hydrogens (tertiary/aromatic N) is 1. The molecule has 3 N–H and O–H groups in total. The van der Waals surface area contributed by atoms with Gasteiger partial charge >= 0.3 is 0 Å². The number of hydrogen-bond donors (Lipinski definition) is 3. The van der Waals surface area contributed by atoms with Crippen molar-refractivity contribution in [1.29, 1.82) is 0 Å². The Bertz CT molecular complexity index is 269. The Balaban J connectivity index is 1.64. The van der Waals surface area contributed by atoms with Crippen LogP contribution in [0, 0.1) is 0 Å². The largest absolute Gasteiger partial charge is 0.375 e. The Morgan fingerprint density at radius 3 is 2.89 bits per heavy atom. The van der Waals surface area contributed by atoms with Crippen LogP contribution in [0.3, 0.4) is 0 Å². The van der Waals surface area contributed by atoms with Crippen molar-refractivity contribution in [2.45, 2.75) is 19.1 Å². The van der Waals surface area contributed by atoms with Crippen molar-refractivity contribution in [3.8, 4) is 0 Å². The van der Waals surface area contributed by atoms with Crippen molar-refractivity contribution >= 4 is 5.91 Å². The number of piperazine rings is 1. The van der Waals surface area contributed by atoms with Gasteiger partial charge in [0.05, 0.1) is 12.7 Å². The smallest absolute Gasteiger partial charge is 0.239 e. The van der Waals surface area contributed by atoms with Gasteiger partial charge in [0.2, 0.25) is 5.91 Å². The van der Waals surface area contributed by atoms with Crippen molar-refractivity contribution in [1.82, 2.24) is 20.9 Å². The molecule has 2 aliphatic rings. The molecule has 0 aromatic heterocycles. The number of nitrogens with one attached hydrogen (secondary N) is 3. The van der Waals surface area contributed by atoms with Gasteiger partial charge < -0.3 is 20.7 Å². The summed E-state index contributed by atoms with van der Waals surface area (Å²) in [5, 5.41) is 9.50. The minimum Gasteiger partial charge on any atom is -0.375 e. The molecular formula is C12H24N4O2. The number of ether oxygens (including phenoxy) is 1. The lowest BCUT2D eigenvalue weighted by molar-refractivity contribution is -0.128. The highest BCUT2D eigenvalue weighted by atomic mass is 16.5. The van der Waals surface area contributed by atoms with Gasteiger partial charge in [0, 0.05) is 45.8 Å². The van der Waals surface area contributed by atoms with Crippen LogP contribution in [0.5, 0.6) is 0 Å². The molecule has 1 amide bonds. The third-order valence-electron chi connectivity index (χ3n) is 3.54. The van der Waals surface area contributed by atoms with E-state index in [-0.39, 0.29) is 18.1 Å². The van der Waals surface area contributed by atoms with Crippen LogP contribution in [0.2, 0.25) is 0 Å². The second-order valence-electron chi connectivity index (χ2n) is 4.89. The number of amides is 1. The summed E-state index contributed by atoms with van der Waals surface area (Å²) in [6.07, 6.45) is -0.0436. The molecular weight excluding hydrogens is 232 g/mol. The van der Waals surface area contributed by atoms with Gasteiger partial charge in [-0.1, -0.05) is 0 Å². The molecule has 6 heteroatoms. The summed E-state index contributed by atoms with van der Waals surface area (Å²) in [5.74, 6) is 0.0531. The summed E-state index contributed by atoms with van der Waals surface area (Å²) in [7, 11) is 0. The normalized spacial score (nSPS) is 30.1. The second-order valence-corrected chi connectivity index (χ2v) is 4.89. The maximum absolute atomic E-state index is 12.0. The van der Waals surface area contributed by atoms with Gasteiger partial charge in [-0.15, -0.1) is 0 Å². The summed E-state index contributed by atoms with van der Waals surface area (Å²) in [6.45, 7) is 9.23. The van der Waals surface area contributed by atoms with Crippen LogP contribution < -0.4 is 16.0 Å². The van der Waals surface area contributed by atoms with Crippen LogP contribution in [-0.4, -0.2) is 75.4 Å². The molecule has 0 spiro atoms. The zero-order chi connectivity index (χ0) is 12.8. The first-order valence-corrected chi connectivity index (χ1v) is 6.83. The average Bonchev–Trinajstić information content (AvgIpc) is 2.40. The molecule has 0 radical (unpaired) electrons. The molecule has 2 fully saturated rings. The van der Waals surface area contributed by atoms with Gasteiger partial charge in [0.1, 0.15) is 6.04 Å². The summed E-state index contributed by atoms with van der Waals surface area (Å²) < 4.78 is 5.47. The highest BCUT2D eigenvalue weighted by Crippen LogP contribution is 2.03. The molecule has 2 saturated heterocycles. The number of carbonyl (C=O) groups is 1. The van der Waals surface area contributed by atoms with E-state index in [4.69, 9.17) is 4.74 Å². The predicted molar refractivity (Wildman–Crippen MR) is 69.5 cm³/mol. The van der Waals surface area contributed by atoms with Crippen molar-refractivity contribution in [3.63, 3.8) is 0 Å². The van der Waals surface area contributed by atoms with Crippen LogP contribution in [0.25, 0.3) is 0 Å². The van der Waals surface area contributed by atoms with Crippen molar-refractivity contribution in [2.24, 2.45) is 0 Å². The Morgan fingerprint density at radius 1 is 1.39 bits per heavy atom. The Kier molecular flexibility index (Phi) is 5.37. The summed E-state index contributed by atoms with van der Waals surface area (Å²) in [4.78, 5) is 14.3. The number of rotatable bonds is 4. The molecule has 0 bridgehead atoms. The van der Waals surface area contributed by atoms with Gasteiger partial charge in [-0.3, -0.25) is 9.69 Å². The highest BCUT2D eigenvalue weighted by molar-refractivity contribution is 5.82. The van der Waals surface area contributed by atoms with Crippen molar-refractivity contribution in [2.75, 3.05) is 52.4 Å². The number of morpholine rings is 1. The third kappa shape index (κ3) is 3.91. The maximum Gasteiger partial charge on any atom is 0.239 e. The number of carbonyl (C=O) groups excluding carboxylic acids is 1. The van der Waals surface area contributed by atoms with Crippen LogP contribution in [-0.2, 0) is 9.53 Å². The second kappa shape index (κ2) is 7.04. The minimum absolute atomic E-state index is 0.0436. The lowest BCUT2D eigenvalue weighted by Crippen LogP contribution is -2.56. The lowest BCUT2D eigenvalue weighted by atomic mass is 10.1. The first-order valence-electron chi connectivity index (χ1n) is 6.83. The molecule has 2 aliphatic heterocycles. The monoisotopic (exact) mass is 256 g/mol. The Hall–Kier alpha value is -0.690. The highest BCUT2D eigenvalue weighted by Gasteiger charge is 2.27. The maximum atomic E-state index is 12.0. The fourth-order valence-electron chi connectivity index (χ4n) is 2.41. The molecule has 0 aliphatic carbocycles. The molecule has 6 nitrogen and oxygen atoms in total. The van der Waals surface area contributed by atoms with Crippen LogP contribution in [0.1, 0.15) is 6.92 Å². The predicted octanol–water partition coefficient (Wildman–Crippen LogP) is -1.62. The first-order chi connectivity index (χ1) is 8.77. The zero-order valence-electron chi connectivity index (χ0n) is 11.1.